The Bertz CT molecular complexity index is 1730. The van der Waals surface area contributed by atoms with Gasteiger partial charge in [0.1, 0.15) is 0 Å². The zero-order chi connectivity index (χ0) is 30.5. The van der Waals surface area contributed by atoms with Gasteiger partial charge < -0.3 is 35.1 Å². The molecular formula is C33H36N4O6. The molecule has 0 bridgehead atoms. The average Bonchev–Trinajstić information content (AvgIpc) is 3.37. The normalized spacial score (nSPS) is 13.7. The second-order valence-corrected chi connectivity index (χ2v) is 10.4. The van der Waals surface area contributed by atoms with Crippen LogP contribution in [0.2, 0.25) is 0 Å². The first-order chi connectivity index (χ1) is 20.8. The van der Waals surface area contributed by atoms with E-state index in [1.807, 2.05) is 42.6 Å². The molecule has 1 aromatic heterocycles. The van der Waals surface area contributed by atoms with Crippen molar-refractivity contribution >= 4 is 34.1 Å². The van der Waals surface area contributed by atoms with Gasteiger partial charge in [-0.25, -0.2) is 0 Å². The maximum absolute atomic E-state index is 13.5. The quantitative estimate of drug-likeness (QED) is 0.189. The molecule has 3 aromatic carbocycles. The predicted molar refractivity (Wildman–Crippen MR) is 167 cm³/mol. The van der Waals surface area contributed by atoms with Crippen molar-refractivity contribution < 1.29 is 23.8 Å². The molecule has 10 nitrogen and oxygen atoms in total. The smallest absolute Gasteiger partial charge is 0.224 e. The van der Waals surface area contributed by atoms with Gasteiger partial charge in [-0.05, 0) is 72.4 Å². The van der Waals surface area contributed by atoms with Crippen molar-refractivity contribution in [3.05, 3.63) is 76.1 Å². The van der Waals surface area contributed by atoms with Crippen molar-refractivity contribution in [2.75, 3.05) is 38.5 Å². The lowest BCUT2D eigenvalue weighted by molar-refractivity contribution is -0.119. The Kier molecular flexibility index (Phi) is 8.85. The Balaban J connectivity index is 1.40. The molecule has 43 heavy (non-hydrogen) atoms. The molecule has 2 amide bonds. The molecule has 5 rings (SSSR count). The molecular weight excluding hydrogens is 548 g/mol. The van der Waals surface area contributed by atoms with Crippen molar-refractivity contribution in [3.63, 3.8) is 0 Å². The maximum atomic E-state index is 13.5. The van der Waals surface area contributed by atoms with Gasteiger partial charge >= 0.3 is 0 Å². The topological polar surface area (TPSA) is 131 Å². The summed E-state index contributed by atoms with van der Waals surface area (Å²) in [6.07, 6.45) is 3.85. The summed E-state index contributed by atoms with van der Waals surface area (Å²) in [5, 5.41) is 10.1. The number of amides is 2. The molecule has 0 spiro atoms. The van der Waals surface area contributed by atoms with E-state index in [-0.39, 0.29) is 29.7 Å². The van der Waals surface area contributed by atoms with Crippen LogP contribution in [-0.2, 0) is 16.0 Å². The third kappa shape index (κ3) is 6.13. The van der Waals surface area contributed by atoms with Crippen LogP contribution in [0.3, 0.4) is 0 Å². The van der Waals surface area contributed by atoms with E-state index in [9.17, 15) is 14.4 Å². The molecule has 0 radical (unpaired) electrons. The van der Waals surface area contributed by atoms with Crippen molar-refractivity contribution in [2.45, 2.75) is 38.6 Å². The number of benzene rings is 2. The molecule has 10 heteroatoms. The van der Waals surface area contributed by atoms with Crippen LogP contribution in [0, 0.1) is 0 Å². The summed E-state index contributed by atoms with van der Waals surface area (Å²) in [5.74, 6) is 1.20. The third-order valence-corrected chi connectivity index (χ3v) is 7.68. The number of hydrogen-bond acceptors (Lipinski definition) is 7. The predicted octanol–water partition coefficient (Wildman–Crippen LogP) is 5.18. The lowest BCUT2D eigenvalue weighted by atomic mass is 9.95. The molecule has 0 aliphatic heterocycles. The summed E-state index contributed by atoms with van der Waals surface area (Å²) >= 11 is 0. The van der Waals surface area contributed by atoms with Crippen molar-refractivity contribution in [1.82, 2.24) is 10.3 Å². The number of aromatic amines is 1. The monoisotopic (exact) mass is 584 g/mol. The minimum absolute atomic E-state index is 0.102. The number of aryl methyl sites for hydroxylation is 1. The lowest BCUT2D eigenvalue weighted by Gasteiger charge is -2.19. The van der Waals surface area contributed by atoms with Crippen LogP contribution in [0.1, 0.15) is 43.4 Å². The highest BCUT2D eigenvalue weighted by Gasteiger charge is 2.29. The first-order valence-electron chi connectivity index (χ1n) is 14.2. The summed E-state index contributed by atoms with van der Waals surface area (Å²) in [4.78, 5) is 41.4. The van der Waals surface area contributed by atoms with Crippen LogP contribution in [0.15, 0.2) is 59.5 Å². The van der Waals surface area contributed by atoms with E-state index in [0.29, 0.717) is 54.3 Å². The van der Waals surface area contributed by atoms with Crippen molar-refractivity contribution in [3.8, 4) is 28.4 Å². The number of aromatic nitrogens is 1. The van der Waals surface area contributed by atoms with Gasteiger partial charge in [0.15, 0.2) is 11.5 Å². The second-order valence-electron chi connectivity index (χ2n) is 10.4. The summed E-state index contributed by atoms with van der Waals surface area (Å²) in [7, 11) is 4.69. The van der Waals surface area contributed by atoms with Crippen LogP contribution in [0.5, 0.6) is 17.2 Å². The van der Waals surface area contributed by atoms with Crippen molar-refractivity contribution in [2.24, 2.45) is 0 Å². The Labute approximate surface area is 249 Å². The van der Waals surface area contributed by atoms with Crippen LogP contribution in [0.25, 0.3) is 22.0 Å². The van der Waals surface area contributed by atoms with Gasteiger partial charge in [0.2, 0.25) is 23.0 Å². The van der Waals surface area contributed by atoms with E-state index >= 15 is 0 Å². The standard InChI is InChI=1S/C33H36N4O6/c1-19(38)36-26-12-10-20-17-29(41-2)32(42-3)33(43-4)31(20)21-11-13-27(28(39)18-23(21)26)34-15-6-9-30(40)37-25-8-5-7-24-22(25)14-16-35-24/h5,7-8,11,13-14,16-18,26,35H,6,9-10,12,15H2,1-4H3,(H,34,39)(H,36,38)(H,37,40)/t26-/m1/s1. The van der Waals surface area contributed by atoms with E-state index in [2.05, 4.69) is 20.9 Å². The fourth-order valence-electron chi connectivity index (χ4n) is 5.73. The summed E-state index contributed by atoms with van der Waals surface area (Å²) in [6, 6.07) is 14.4. The molecule has 4 aromatic rings. The molecule has 0 fully saturated rings. The highest BCUT2D eigenvalue weighted by molar-refractivity contribution is 6.01. The lowest BCUT2D eigenvalue weighted by Crippen LogP contribution is -2.26. The molecule has 4 N–H and O–H groups in total. The van der Waals surface area contributed by atoms with E-state index in [1.165, 1.54) is 6.92 Å². The minimum atomic E-state index is -0.386. The van der Waals surface area contributed by atoms with Gasteiger partial charge in [0.25, 0.3) is 0 Å². The van der Waals surface area contributed by atoms with Crippen LogP contribution >= 0.6 is 0 Å². The minimum Gasteiger partial charge on any atom is -0.493 e. The van der Waals surface area contributed by atoms with Crippen LogP contribution < -0.4 is 35.6 Å². The van der Waals surface area contributed by atoms with Gasteiger partial charge in [0.05, 0.1) is 38.7 Å². The fourth-order valence-corrected chi connectivity index (χ4v) is 5.73. The molecule has 1 aliphatic carbocycles. The van der Waals surface area contributed by atoms with Gasteiger partial charge in [-0.15, -0.1) is 0 Å². The number of ether oxygens (including phenoxy) is 3. The molecule has 0 unspecified atom stereocenters. The zero-order valence-electron chi connectivity index (χ0n) is 24.8. The third-order valence-electron chi connectivity index (χ3n) is 7.68. The van der Waals surface area contributed by atoms with Crippen LogP contribution in [0.4, 0.5) is 11.4 Å². The Morgan fingerprint density at radius 1 is 0.977 bits per heavy atom. The molecule has 224 valence electrons. The number of nitrogens with one attached hydrogen (secondary N) is 4. The van der Waals surface area contributed by atoms with Crippen molar-refractivity contribution in [1.29, 1.82) is 0 Å². The number of methoxy groups -OCH3 is 3. The number of rotatable bonds is 10. The summed E-state index contributed by atoms with van der Waals surface area (Å²) in [5.41, 5.74) is 5.08. The number of carbonyl (C=O) groups excluding carboxylic acids is 2. The number of fused-ring (bicyclic) bond motifs is 4. The highest BCUT2D eigenvalue weighted by Crippen LogP contribution is 2.50. The first-order valence-corrected chi connectivity index (χ1v) is 14.2. The Hall–Kier alpha value is -4.99. The second kappa shape index (κ2) is 12.9. The Morgan fingerprint density at radius 3 is 2.53 bits per heavy atom. The molecule has 1 aliphatic rings. The van der Waals surface area contributed by atoms with Crippen LogP contribution in [-0.4, -0.2) is 44.7 Å². The van der Waals surface area contributed by atoms with Gasteiger partial charge in [0, 0.05) is 42.6 Å². The van der Waals surface area contributed by atoms with E-state index in [0.717, 1.165) is 33.3 Å². The zero-order valence-corrected chi connectivity index (χ0v) is 24.8. The van der Waals surface area contributed by atoms with Gasteiger partial charge in [-0.1, -0.05) is 12.1 Å². The molecule has 1 heterocycles. The fraction of sp³-hybridized carbons (Fsp3) is 0.303. The highest BCUT2D eigenvalue weighted by atomic mass is 16.5. The van der Waals surface area contributed by atoms with E-state index in [4.69, 9.17) is 14.2 Å². The largest absolute Gasteiger partial charge is 0.493 e. The van der Waals surface area contributed by atoms with Gasteiger partial charge in [-0.3, -0.25) is 14.4 Å². The molecule has 1 atom stereocenters. The number of hydrogen-bond donors (Lipinski definition) is 4. The first kappa shape index (κ1) is 29.5. The number of anilines is 2. The van der Waals surface area contributed by atoms with E-state index < -0.39 is 0 Å². The maximum Gasteiger partial charge on any atom is 0.224 e. The summed E-state index contributed by atoms with van der Waals surface area (Å²) < 4.78 is 17.1. The SMILES string of the molecule is COc1cc2c(c(OC)c1OC)-c1ccc(NCCCC(=O)Nc3cccc4[nH]ccc34)c(=O)cc1[C@H](NC(C)=O)CC2. The number of H-pyrrole nitrogens is 1. The summed E-state index contributed by atoms with van der Waals surface area (Å²) in [6.45, 7) is 1.89. The van der Waals surface area contributed by atoms with E-state index in [1.54, 1.807) is 33.5 Å². The number of carbonyl (C=O) groups is 2. The molecule has 0 saturated carbocycles. The Morgan fingerprint density at radius 2 is 1.79 bits per heavy atom. The average molecular weight is 585 g/mol. The van der Waals surface area contributed by atoms with Gasteiger partial charge in [-0.2, -0.15) is 0 Å². The molecule has 0 saturated heterocycles.